The standard InChI is InChI=1S/C12H11ClN2O/c1-8-5-3-4-6-9(8)12-14-10(13)7-11(15-12)16-2/h3-7H,1-2H3. The molecule has 2 rings (SSSR count). The Bertz CT molecular complexity index is 514. The summed E-state index contributed by atoms with van der Waals surface area (Å²) in [5, 5.41) is 0.380. The van der Waals surface area contributed by atoms with Crippen LogP contribution in [0, 0.1) is 6.92 Å². The fourth-order valence-corrected chi connectivity index (χ4v) is 1.62. The molecule has 16 heavy (non-hydrogen) atoms. The Kier molecular flexibility index (Phi) is 3.06. The van der Waals surface area contributed by atoms with Crippen LogP contribution in [0.1, 0.15) is 5.56 Å². The van der Waals surface area contributed by atoms with Crippen molar-refractivity contribution >= 4 is 11.6 Å². The van der Waals surface area contributed by atoms with E-state index in [1.54, 1.807) is 13.2 Å². The summed E-state index contributed by atoms with van der Waals surface area (Å²) in [6.07, 6.45) is 0. The normalized spacial score (nSPS) is 10.2. The molecule has 1 heterocycles. The summed E-state index contributed by atoms with van der Waals surface area (Å²) in [5.74, 6) is 1.06. The van der Waals surface area contributed by atoms with E-state index in [0.29, 0.717) is 16.9 Å². The van der Waals surface area contributed by atoms with Crippen LogP contribution in [0.3, 0.4) is 0 Å². The minimum Gasteiger partial charge on any atom is -0.481 e. The molecule has 4 heteroatoms. The van der Waals surface area contributed by atoms with E-state index in [0.717, 1.165) is 11.1 Å². The fraction of sp³-hybridized carbons (Fsp3) is 0.167. The van der Waals surface area contributed by atoms with Crippen LogP contribution in [0.25, 0.3) is 11.4 Å². The number of halogens is 1. The van der Waals surface area contributed by atoms with Crippen molar-refractivity contribution in [2.24, 2.45) is 0 Å². The highest BCUT2D eigenvalue weighted by Crippen LogP contribution is 2.23. The van der Waals surface area contributed by atoms with Gasteiger partial charge in [-0.3, -0.25) is 0 Å². The Hall–Kier alpha value is -1.61. The highest BCUT2D eigenvalue weighted by atomic mass is 35.5. The molecule has 0 bridgehead atoms. The average Bonchev–Trinajstić information content (AvgIpc) is 2.28. The molecular formula is C12H11ClN2O. The van der Waals surface area contributed by atoms with Crippen LogP contribution in [0.4, 0.5) is 0 Å². The van der Waals surface area contributed by atoms with Crippen LogP contribution < -0.4 is 4.74 Å². The third-order valence-corrected chi connectivity index (χ3v) is 2.46. The van der Waals surface area contributed by atoms with Gasteiger partial charge in [0.25, 0.3) is 0 Å². The predicted molar refractivity (Wildman–Crippen MR) is 63.8 cm³/mol. The Morgan fingerprint density at radius 1 is 1.19 bits per heavy atom. The highest BCUT2D eigenvalue weighted by Gasteiger charge is 2.07. The first-order valence-electron chi connectivity index (χ1n) is 4.85. The SMILES string of the molecule is COc1cc(Cl)nc(-c2ccccc2C)n1. The lowest BCUT2D eigenvalue weighted by Gasteiger charge is -2.06. The Balaban J connectivity index is 2.56. The largest absolute Gasteiger partial charge is 0.481 e. The molecule has 0 unspecified atom stereocenters. The number of rotatable bonds is 2. The number of methoxy groups -OCH3 is 1. The van der Waals surface area contributed by atoms with Gasteiger partial charge in [-0.15, -0.1) is 0 Å². The van der Waals surface area contributed by atoms with Crippen molar-refractivity contribution in [3.05, 3.63) is 41.0 Å². The smallest absolute Gasteiger partial charge is 0.218 e. The third kappa shape index (κ3) is 2.14. The molecular weight excluding hydrogens is 224 g/mol. The van der Waals surface area contributed by atoms with E-state index in [1.165, 1.54) is 0 Å². The molecule has 0 amide bonds. The van der Waals surface area contributed by atoms with Crippen LogP contribution in [0.2, 0.25) is 5.15 Å². The Labute approximate surface area is 99.1 Å². The highest BCUT2D eigenvalue weighted by molar-refractivity contribution is 6.29. The second-order valence-electron chi connectivity index (χ2n) is 3.37. The fourth-order valence-electron chi connectivity index (χ4n) is 1.45. The number of nitrogens with zero attached hydrogens (tertiary/aromatic N) is 2. The van der Waals surface area contributed by atoms with Crippen molar-refractivity contribution < 1.29 is 4.74 Å². The molecule has 0 aliphatic rings. The first-order chi connectivity index (χ1) is 7.70. The zero-order chi connectivity index (χ0) is 11.5. The van der Waals surface area contributed by atoms with Crippen LogP contribution >= 0.6 is 11.6 Å². The predicted octanol–water partition coefficient (Wildman–Crippen LogP) is 3.11. The van der Waals surface area contributed by atoms with Crippen molar-refractivity contribution in [1.82, 2.24) is 9.97 Å². The first kappa shape index (κ1) is 10.9. The molecule has 0 aliphatic heterocycles. The minimum absolute atomic E-state index is 0.380. The maximum Gasteiger partial charge on any atom is 0.218 e. The quantitative estimate of drug-likeness (QED) is 0.749. The molecule has 0 N–H and O–H groups in total. The van der Waals surface area contributed by atoms with E-state index in [9.17, 15) is 0 Å². The lowest BCUT2D eigenvalue weighted by Crippen LogP contribution is -1.95. The van der Waals surface area contributed by atoms with Gasteiger partial charge in [0, 0.05) is 11.6 Å². The molecule has 82 valence electrons. The van der Waals surface area contributed by atoms with Gasteiger partial charge in [0.1, 0.15) is 5.15 Å². The van der Waals surface area contributed by atoms with E-state index in [4.69, 9.17) is 16.3 Å². The molecule has 3 nitrogen and oxygen atoms in total. The molecule has 1 aromatic carbocycles. The maximum absolute atomic E-state index is 5.90. The topological polar surface area (TPSA) is 35.0 Å². The van der Waals surface area contributed by atoms with Crippen molar-refractivity contribution in [3.8, 4) is 17.3 Å². The number of ether oxygens (including phenoxy) is 1. The van der Waals surface area contributed by atoms with Crippen molar-refractivity contribution in [2.45, 2.75) is 6.92 Å². The summed E-state index contributed by atoms with van der Waals surface area (Å²) in [6, 6.07) is 9.47. The summed E-state index contributed by atoms with van der Waals surface area (Å²) >= 11 is 5.90. The molecule has 2 aromatic rings. The molecule has 0 saturated heterocycles. The van der Waals surface area contributed by atoms with E-state index in [2.05, 4.69) is 9.97 Å². The summed E-state index contributed by atoms with van der Waals surface area (Å²) in [4.78, 5) is 8.45. The lowest BCUT2D eigenvalue weighted by molar-refractivity contribution is 0.397. The van der Waals surface area contributed by atoms with Crippen molar-refractivity contribution in [1.29, 1.82) is 0 Å². The summed E-state index contributed by atoms with van der Waals surface area (Å²) in [7, 11) is 1.56. The van der Waals surface area contributed by atoms with Gasteiger partial charge in [-0.1, -0.05) is 35.9 Å². The zero-order valence-electron chi connectivity index (χ0n) is 9.07. The van der Waals surface area contributed by atoms with Gasteiger partial charge in [0.05, 0.1) is 7.11 Å². The van der Waals surface area contributed by atoms with E-state index < -0.39 is 0 Å². The monoisotopic (exact) mass is 234 g/mol. The van der Waals surface area contributed by atoms with Gasteiger partial charge in [-0.2, -0.15) is 4.98 Å². The van der Waals surface area contributed by atoms with E-state index in [1.807, 2.05) is 31.2 Å². The summed E-state index contributed by atoms with van der Waals surface area (Å²) in [6.45, 7) is 2.01. The van der Waals surface area contributed by atoms with E-state index >= 15 is 0 Å². The minimum atomic E-state index is 0.380. The summed E-state index contributed by atoms with van der Waals surface area (Å²) < 4.78 is 5.06. The lowest BCUT2D eigenvalue weighted by atomic mass is 10.1. The van der Waals surface area contributed by atoms with Gasteiger partial charge in [0.15, 0.2) is 5.82 Å². The van der Waals surface area contributed by atoms with Crippen molar-refractivity contribution in [3.63, 3.8) is 0 Å². The van der Waals surface area contributed by atoms with E-state index in [-0.39, 0.29) is 0 Å². The van der Waals surface area contributed by atoms with Crippen LogP contribution in [0.15, 0.2) is 30.3 Å². The number of aromatic nitrogens is 2. The first-order valence-corrected chi connectivity index (χ1v) is 5.23. The number of benzene rings is 1. The maximum atomic E-state index is 5.90. The van der Waals surface area contributed by atoms with Gasteiger partial charge >= 0.3 is 0 Å². The number of hydrogen-bond acceptors (Lipinski definition) is 3. The van der Waals surface area contributed by atoms with Crippen LogP contribution in [-0.2, 0) is 0 Å². The van der Waals surface area contributed by atoms with Gasteiger partial charge < -0.3 is 4.74 Å². The molecule has 0 spiro atoms. The number of aryl methyl sites for hydroxylation is 1. The van der Waals surface area contributed by atoms with Crippen LogP contribution in [0.5, 0.6) is 5.88 Å². The molecule has 0 saturated carbocycles. The zero-order valence-corrected chi connectivity index (χ0v) is 9.82. The van der Waals surface area contributed by atoms with Gasteiger partial charge in [-0.05, 0) is 12.5 Å². The Morgan fingerprint density at radius 3 is 2.62 bits per heavy atom. The van der Waals surface area contributed by atoms with Gasteiger partial charge in [-0.25, -0.2) is 4.98 Å². The van der Waals surface area contributed by atoms with Crippen LogP contribution in [-0.4, -0.2) is 17.1 Å². The molecule has 0 atom stereocenters. The van der Waals surface area contributed by atoms with Gasteiger partial charge in [0.2, 0.25) is 5.88 Å². The third-order valence-electron chi connectivity index (χ3n) is 2.27. The molecule has 0 radical (unpaired) electrons. The number of hydrogen-bond donors (Lipinski definition) is 0. The second kappa shape index (κ2) is 4.49. The molecule has 0 fully saturated rings. The average molecular weight is 235 g/mol. The Morgan fingerprint density at radius 2 is 1.94 bits per heavy atom. The second-order valence-corrected chi connectivity index (χ2v) is 3.76. The molecule has 1 aromatic heterocycles. The molecule has 0 aliphatic carbocycles. The van der Waals surface area contributed by atoms with Crippen molar-refractivity contribution in [2.75, 3.05) is 7.11 Å². The summed E-state index contributed by atoms with van der Waals surface area (Å²) in [5.41, 5.74) is 2.06.